The van der Waals surface area contributed by atoms with Gasteiger partial charge in [-0.05, 0) is 103 Å². The molecule has 5 nitrogen and oxygen atoms in total. The Bertz CT molecular complexity index is 1800. The van der Waals surface area contributed by atoms with Crippen LogP contribution in [-0.2, 0) is 19.9 Å². The van der Waals surface area contributed by atoms with Gasteiger partial charge in [0.15, 0.2) is 0 Å². The molecule has 0 bridgehead atoms. The lowest BCUT2D eigenvalue weighted by molar-refractivity contribution is 0.0697. The van der Waals surface area contributed by atoms with Gasteiger partial charge in [0, 0.05) is 18.3 Å². The average molecular weight is 556 g/mol. The van der Waals surface area contributed by atoms with E-state index in [4.69, 9.17) is 9.98 Å². The Morgan fingerprint density at radius 3 is 2.48 bits per heavy atom. The average Bonchev–Trinajstić information content (AvgIpc) is 3.23. The molecule has 5 heteroatoms. The van der Waals surface area contributed by atoms with Crippen LogP contribution in [0.4, 0.5) is 5.69 Å². The van der Waals surface area contributed by atoms with Crippen molar-refractivity contribution in [3.63, 3.8) is 0 Å². The summed E-state index contributed by atoms with van der Waals surface area (Å²) >= 11 is 0. The number of carbonyl (C=O) groups is 1. The molecular weight excluding hydrogens is 518 g/mol. The van der Waals surface area contributed by atoms with E-state index in [1.165, 1.54) is 22.4 Å². The van der Waals surface area contributed by atoms with Gasteiger partial charge in [-0.15, -0.1) is 0 Å². The Morgan fingerprint density at radius 2 is 1.71 bits per heavy atom. The molecule has 5 aromatic rings. The Morgan fingerprint density at radius 1 is 0.952 bits per heavy atom. The zero-order valence-electron chi connectivity index (χ0n) is 24.6. The molecule has 0 saturated heterocycles. The molecule has 0 amide bonds. The first-order valence-corrected chi connectivity index (χ1v) is 15.0. The monoisotopic (exact) mass is 555 g/mol. The Hall–Kier alpha value is -4.51. The number of aryl methyl sites for hydroxylation is 4. The van der Waals surface area contributed by atoms with Crippen LogP contribution in [0.25, 0.3) is 33.5 Å². The van der Waals surface area contributed by atoms with E-state index in [0.29, 0.717) is 11.5 Å². The molecule has 1 unspecified atom stereocenters. The first kappa shape index (κ1) is 27.6. The number of benzene rings is 4. The number of hydrogen-bond acceptors (Lipinski definition) is 3. The molecule has 0 aliphatic carbocycles. The smallest absolute Gasteiger partial charge is 0.336 e. The third kappa shape index (κ3) is 5.39. The highest BCUT2D eigenvalue weighted by Gasteiger charge is 2.23. The van der Waals surface area contributed by atoms with Gasteiger partial charge in [0.2, 0.25) is 0 Å². The number of carboxylic acid groups (broad SMARTS) is 1. The van der Waals surface area contributed by atoms with Gasteiger partial charge >= 0.3 is 5.97 Å². The van der Waals surface area contributed by atoms with E-state index in [2.05, 4.69) is 67.9 Å². The van der Waals surface area contributed by atoms with Gasteiger partial charge in [0.1, 0.15) is 5.82 Å². The summed E-state index contributed by atoms with van der Waals surface area (Å²) in [6, 6.07) is 28.4. The van der Waals surface area contributed by atoms with Crippen LogP contribution in [0, 0.1) is 12.8 Å². The number of aromatic nitrogens is 2. The summed E-state index contributed by atoms with van der Waals surface area (Å²) in [5, 5.41) is 9.58. The van der Waals surface area contributed by atoms with Gasteiger partial charge in [0.05, 0.1) is 22.3 Å². The fraction of sp³-hybridized carbons (Fsp3) is 0.270. The summed E-state index contributed by atoms with van der Waals surface area (Å²) in [7, 11) is 2.09. The molecule has 0 spiro atoms. The Balaban J connectivity index is 1.22. The molecule has 1 aromatic heterocycles. The molecule has 0 saturated carbocycles. The van der Waals surface area contributed by atoms with Gasteiger partial charge in [-0.2, -0.15) is 0 Å². The first-order chi connectivity index (χ1) is 20.4. The third-order valence-electron chi connectivity index (χ3n) is 8.62. The summed E-state index contributed by atoms with van der Waals surface area (Å²) < 4.78 is 2.19. The second-order valence-corrected chi connectivity index (χ2v) is 11.5. The first-order valence-electron chi connectivity index (χ1n) is 15.0. The van der Waals surface area contributed by atoms with E-state index >= 15 is 0 Å². The van der Waals surface area contributed by atoms with Crippen molar-refractivity contribution in [2.75, 3.05) is 0 Å². The lowest BCUT2D eigenvalue weighted by Gasteiger charge is -2.17. The van der Waals surface area contributed by atoms with Gasteiger partial charge < -0.3 is 9.67 Å². The van der Waals surface area contributed by atoms with Crippen molar-refractivity contribution in [3.8, 4) is 22.5 Å². The van der Waals surface area contributed by atoms with Gasteiger partial charge in [-0.3, -0.25) is 4.99 Å². The molecule has 1 N–H and O–H groups in total. The second-order valence-electron chi connectivity index (χ2n) is 11.5. The molecular formula is C37H37N3O2. The molecule has 4 aromatic carbocycles. The minimum Gasteiger partial charge on any atom is -0.478 e. The highest BCUT2D eigenvalue weighted by atomic mass is 16.4. The van der Waals surface area contributed by atoms with E-state index in [1.807, 2.05) is 30.3 Å². The zero-order chi connectivity index (χ0) is 29.2. The normalized spacial score (nSPS) is 14.8. The summed E-state index contributed by atoms with van der Waals surface area (Å²) in [4.78, 5) is 22.0. The summed E-state index contributed by atoms with van der Waals surface area (Å²) in [6.07, 6.45) is 6.20. The highest BCUT2D eigenvalue weighted by molar-refractivity contribution is 5.96. The van der Waals surface area contributed by atoms with E-state index < -0.39 is 5.97 Å². The molecule has 212 valence electrons. The van der Waals surface area contributed by atoms with Gasteiger partial charge in [0.25, 0.3) is 0 Å². The van der Waals surface area contributed by atoms with Crippen molar-refractivity contribution in [2.24, 2.45) is 18.0 Å². The van der Waals surface area contributed by atoms with Crippen LogP contribution < -0.4 is 0 Å². The summed E-state index contributed by atoms with van der Waals surface area (Å²) in [6.45, 7) is 4.42. The topological polar surface area (TPSA) is 67.5 Å². The summed E-state index contributed by atoms with van der Waals surface area (Å²) in [5.41, 5.74) is 11.6. The van der Waals surface area contributed by atoms with Crippen molar-refractivity contribution in [1.82, 2.24) is 9.55 Å². The molecule has 0 fully saturated rings. The number of aliphatic imine (C=N–C) groups is 1. The molecule has 1 aliphatic heterocycles. The van der Waals surface area contributed by atoms with Crippen LogP contribution in [0.15, 0.2) is 89.9 Å². The lowest BCUT2D eigenvalue weighted by atomic mass is 9.88. The minimum absolute atomic E-state index is 0.332. The second kappa shape index (κ2) is 11.8. The molecule has 0 radical (unpaired) electrons. The number of fused-ring (bicyclic) bond motifs is 2. The number of carboxylic acids is 1. The maximum absolute atomic E-state index is 11.7. The predicted molar refractivity (Wildman–Crippen MR) is 172 cm³/mol. The number of hydrogen-bond donors (Lipinski definition) is 1. The Labute approximate surface area is 247 Å². The van der Waals surface area contributed by atoms with Gasteiger partial charge in [-0.25, -0.2) is 9.78 Å². The fourth-order valence-corrected chi connectivity index (χ4v) is 6.41. The van der Waals surface area contributed by atoms with Crippen molar-refractivity contribution in [2.45, 2.75) is 52.4 Å². The Kier molecular flexibility index (Phi) is 7.75. The van der Waals surface area contributed by atoms with E-state index in [0.717, 1.165) is 77.8 Å². The molecule has 1 aliphatic rings. The quantitative estimate of drug-likeness (QED) is 0.208. The fourth-order valence-electron chi connectivity index (χ4n) is 6.41. The minimum atomic E-state index is -0.900. The van der Waals surface area contributed by atoms with E-state index in [-0.39, 0.29) is 0 Å². The number of para-hydroxylation sites is 2. The maximum Gasteiger partial charge on any atom is 0.336 e. The summed E-state index contributed by atoms with van der Waals surface area (Å²) in [5.74, 6) is 0.529. The van der Waals surface area contributed by atoms with Crippen molar-refractivity contribution in [1.29, 1.82) is 0 Å². The number of nitrogens with zero attached hydrogens (tertiary/aromatic N) is 3. The number of imidazole rings is 1. The van der Waals surface area contributed by atoms with Crippen molar-refractivity contribution < 1.29 is 9.90 Å². The van der Waals surface area contributed by atoms with E-state index in [9.17, 15) is 9.90 Å². The van der Waals surface area contributed by atoms with Crippen molar-refractivity contribution in [3.05, 3.63) is 107 Å². The standard InChI is InChI=1S/C37H37N3O2/c1-4-9-32-27(19-16-25-14-17-26(18-15-25)30-10-5-6-11-31(30)37(41)42)20-21-28-23-29(22-24(2)35(28)38-32)36-39-33-12-7-8-13-34(33)40(36)3/h5-8,10-15,17-18,22-23,27H,4,9,16,19-21H2,1-3H3,(H,41,42). The largest absolute Gasteiger partial charge is 0.478 e. The van der Waals surface area contributed by atoms with Crippen LogP contribution in [0.5, 0.6) is 0 Å². The van der Waals surface area contributed by atoms with Crippen LogP contribution in [0.2, 0.25) is 0 Å². The zero-order valence-corrected chi connectivity index (χ0v) is 24.6. The molecule has 42 heavy (non-hydrogen) atoms. The van der Waals surface area contributed by atoms with Crippen LogP contribution in [0.3, 0.4) is 0 Å². The van der Waals surface area contributed by atoms with Crippen LogP contribution in [-0.4, -0.2) is 26.3 Å². The third-order valence-corrected chi connectivity index (χ3v) is 8.62. The van der Waals surface area contributed by atoms with Crippen LogP contribution in [0.1, 0.15) is 59.7 Å². The predicted octanol–water partition coefficient (Wildman–Crippen LogP) is 8.98. The number of aromatic carboxylic acids is 1. The van der Waals surface area contributed by atoms with Gasteiger partial charge in [-0.1, -0.05) is 67.9 Å². The molecule has 2 heterocycles. The lowest BCUT2D eigenvalue weighted by Crippen LogP contribution is -2.15. The maximum atomic E-state index is 11.7. The van der Waals surface area contributed by atoms with Crippen LogP contribution >= 0.6 is 0 Å². The SMILES string of the molecule is CCCC1=Nc2c(C)cc(-c3nc4ccccc4n3C)cc2CCC1CCc1ccc(-c2ccccc2C(=O)O)cc1. The van der Waals surface area contributed by atoms with E-state index in [1.54, 1.807) is 12.1 Å². The molecule has 6 rings (SSSR count). The molecule has 1 atom stereocenters. The van der Waals surface area contributed by atoms with Crippen molar-refractivity contribution >= 4 is 28.4 Å². The highest BCUT2D eigenvalue weighted by Crippen LogP contribution is 2.37. The number of rotatable bonds is 8.